The Balaban J connectivity index is 1.39. The molecule has 2 aliphatic rings. The molecule has 0 amide bonds. The van der Waals surface area contributed by atoms with Gasteiger partial charge in [-0.05, 0) is 85.6 Å². The molecule has 1 unspecified atom stereocenters. The Kier molecular flexibility index (Phi) is 7.27. The average Bonchev–Trinajstić information content (AvgIpc) is 3.59. The normalized spacial score (nSPS) is 22.2. The number of hydrogen-bond donors (Lipinski definition) is 1. The predicted molar refractivity (Wildman–Crippen MR) is 126 cm³/mol. The topological polar surface area (TPSA) is 64.3 Å². The van der Waals surface area contributed by atoms with E-state index in [0.717, 1.165) is 49.8 Å². The molecular formula is C28H34N2O2. The van der Waals surface area contributed by atoms with Crippen molar-refractivity contribution < 1.29 is 9.90 Å². The maximum Gasteiger partial charge on any atom is 0.304 e. The minimum Gasteiger partial charge on any atom is -0.481 e. The fraction of sp³-hybridized carbons (Fsp3) is 0.500. The first-order valence-electron chi connectivity index (χ1n) is 12.0. The van der Waals surface area contributed by atoms with E-state index in [9.17, 15) is 4.79 Å². The lowest BCUT2D eigenvalue weighted by molar-refractivity contribution is -0.137. The van der Waals surface area contributed by atoms with E-state index < -0.39 is 5.97 Å². The first-order chi connectivity index (χ1) is 15.6. The fourth-order valence-electron chi connectivity index (χ4n) is 5.49. The Morgan fingerprint density at radius 3 is 2.41 bits per heavy atom. The highest BCUT2D eigenvalue weighted by molar-refractivity contribution is 5.66. The SMILES string of the molecule is N#CCc1ccc(CC2(CC[C@@H]3CC3c3ccccc3)CCN(CCC(=O)O)CC2)cc1. The van der Waals surface area contributed by atoms with Crippen molar-refractivity contribution in [3.05, 3.63) is 71.3 Å². The molecule has 1 saturated heterocycles. The van der Waals surface area contributed by atoms with Gasteiger partial charge in [-0.15, -0.1) is 0 Å². The smallest absolute Gasteiger partial charge is 0.304 e. The number of nitriles is 1. The van der Waals surface area contributed by atoms with Crippen LogP contribution >= 0.6 is 0 Å². The van der Waals surface area contributed by atoms with Crippen molar-refractivity contribution in [2.75, 3.05) is 19.6 Å². The summed E-state index contributed by atoms with van der Waals surface area (Å²) in [4.78, 5) is 13.3. The molecule has 1 saturated carbocycles. The van der Waals surface area contributed by atoms with Crippen LogP contribution < -0.4 is 0 Å². The van der Waals surface area contributed by atoms with Gasteiger partial charge in [-0.2, -0.15) is 5.26 Å². The van der Waals surface area contributed by atoms with E-state index in [1.54, 1.807) is 0 Å². The maximum atomic E-state index is 11.0. The lowest BCUT2D eigenvalue weighted by Gasteiger charge is -2.42. The monoisotopic (exact) mass is 430 g/mol. The standard InChI is InChI=1S/C28H34N2O2/c29-16-11-22-6-8-23(9-7-22)21-28(14-18-30(19-15-28)17-12-27(31)32)13-10-25-20-26(25)24-4-2-1-3-5-24/h1-9,25-26H,10-15,17-21H2,(H,31,32)/t25-,26?/m1/s1. The van der Waals surface area contributed by atoms with Crippen LogP contribution in [0.15, 0.2) is 54.6 Å². The van der Waals surface area contributed by atoms with Gasteiger partial charge in [0, 0.05) is 6.54 Å². The highest BCUT2D eigenvalue weighted by atomic mass is 16.4. The van der Waals surface area contributed by atoms with E-state index in [-0.39, 0.29) is 6.42 Å². The molecule has 1 aliphatic carbocycles. The molecule has 2 aromatic carbocycles. The van der Waals surface area contributed by atoms with E-state index in [2.05, 4.69) is 65.6 Å². The summed E-state index contributed by atoms with van der Waals surface area (Å²) in [5.41, 5.74) is 4.22. The first kappa shape index (κ1) is 22.6. The number of piperidine rings is 1. The van der Waals surface area contributed by atoms with Crippen molar-refractivity contribution >= 4 is 5.97 Å². The molecule has 4 heteroatoms. The number of carbonyl (C=O) groups is 1. The summed E-state index contributed by atoms with van der Waals surface area (Å²) >= 11 is 0. The van der Waals surface area contributed by atoms with Gasteiger partial charge in [0.15, 0.2) is 0 Å². The van der Waals surface area contributed by atoms with Crippen molar-refractivity contribution in [2.45, 2.75) is 57.3 Å². The second-order valence-electron chi connectivity index (χ2n) is 9.87. The maximum absolute atomic E-state index is 11.0. The molecule has 1 aliphatic heterocycles. The Morgan fingerprint density at radius 2 is 1.75 bits per heavy atom. The quantitative estimate of drug-likeness (QED) is 0.545. The van der Waals surface area contributed by atoms with Crippen molar-refractivity contribution in [3.8, 4) is 6.07 Å². The molecule has 0 radical (unpaired) electrons. The number of likely N-dealkylation sites (tertiary alicyclic amines) is 1. The van der Waals surface area contributed by atoms with Crippen molar-refractivity contribution in [1.82, 2.24) is 4.90 Å². The number of carboxylic acid groups (broad SMARTS) is 1. The summed E-state index contributed by atoms with van der Waals surface area (Å²) in [5, 5.41) is 18.0. The zero-order valence-corrected chi connectivity index (χ0v) is 18.9. The zero-order chi connectivity index (χ0) is 22.4. The Bertz CT molecular complexity index is 924. The molecule has 168 valence electrons. The van der Waals surface area contributed by atoms with Crippen molar-refractivity contribution in [3.63, 3.8) is 0 Å². The third kappa shape index (κ3) is 5.99. The molecule has 1 N–H and O–H groups in total. The van der Waals surface area contributed by atoms with Crippen LogP contribution in [0.5, 0.6) is 0 Å². The predicted octanol–water partition coefficient (Wildman–Crippen LogP) is 5.44. The number of nitrogens with zero attached hydrogens (tertiary/aromatic N) is 2. The minimum absolute atomic E-state index is 0.230. The van der Waals surface area contributed by atoms with Crippen LogP contribution in [-0.2, 0) is 17.6 Å². The number of rotatable bonds is 10. The van der Waals surface area contributed by atoms with E-state index >= 15 is 0 Å². The summed E-state index contributed by atoms with van der Waals surface area (Å²) < 4.78 is 0. The van der Waals surface area contributed by atoms with Gasteiger partial charge in [-0.1, -0.05) is 54.6 Å². The van der Waals surface area contributed by atoms with Gasteiger partial charge in [0.25, 0.3) is 0 Å². The number of benzene rings is 2. The third-order valence-corrected chi connectivity index (χ3v) is 7.64. The summed E-state index contributed by atoms with van der Waals surface area (Å²) in [5.74, 6) is 0.825. The molecule has 1 heterocycles. The van der Waals surface area contributed by atoms with E-state index in [1.807, 2.05) is 0 Å². The van der Waals surface area contributed by atoms with Crippen molar-refractivity contribution in [2.24, 2.45) is 11.3 Å². The van der Waals surface area contributed by atoms with Crippen LogP contribution in [0.3, 0.4) is 0 Å². The van der Waals surface area contributed by atoms with E-state index in [1.165, 1.54) is 30.4 Å². The molecule has 2 fully saturated rings. The van der Waals surface area contributed by atoms with Gasteiger partial charge in [0.1, 0.15) is 0 Å². The van der Waals surface area contributed by atoms with Gasteiger partial charge in [-0.3, -0.25) is 4.79 Å². The number of carboxylic acids is 1. The van der Waals surface area contributed by atoms with Gasteiger partial charge in [0.05, 0.1) is 18.9 Å². The number of hydrogen-bond acceptors (Lipinski definition) is 3. The molecule has 4 rings (SSSR count). The highest BCUT2D eigenvalue weighted by Crippen LogP contribution is 2.52. The molecule has 0 aromatic heterocycles. The lowest BCUT2D eigenvalue weighted by atomic mass is 9.70. The Morgan fingerprint density at radius 1 is 1.06 bits per heavy atom. The molecule has 2 aromatic rings. The Hall–Kier alpha value is -2.64. The first-order valence-corrected chi connectivity index (χ1v) is 12.0. The molecule has 2 atom stereocenters. The van der Waals surface area contributed by atoms with Gasteiger partial charge >= 0.3 is 5.97 Å². The molecule has 0 spiro atoms. The zero-order valence-electron chi connectivity index (χ0n) is 18.9. The highest BCUT2D eigenvalue weighted by Gasteiger charge is 2.41. The van der Waals surface area contributed by atoms with E-state index in [4.69, 9.17) is 10.4 Å². The van der Waals surface area contributed by atoms with Crippen LogP contribution in [0.4, 0.5) is 0 Å². The van der Waals surface area contributed by atoms with Gasteiger partial charge < -0.3 is 10.0 Å². The summed E-state index contributed by atoms with van der Waals surface area (Å²) in [6.45, 7) is 2.64. The van der Waals surface area contributed by atoms with Crippen molar-refractivity contribution in [1.29, 1.82) is 5.26 Å². The lowest BCUT2D eigenvalue weighted by Crippen LogP contribution is -2.42. The molecule has 32 heavy (non-hydrogen) atoms. The molecule has 4 nitrogen and oxygen atoms in total. The second-order valence-corrected chi connectivity index (χ2v) is 9.87. The van der Waals surface area contributed by atoms with Crippen LogP contribution in [0.25, 0.3) is 0 Å². The van der Waals surface area contributed by atoms with Crippen LogP contribution in [0, 0.1) is 22.7 Å². The summed E-state index contributed by atoms with van der Waals surface area (Å²) in [6, 6.07) is 21.8. The number of aliphatic carboxylic acids is 1. The third-order valence-electron chi connectivity index (χ3n) is 7.64. The van der Waals surface area contributed by atoms with Gasteiger partial charge in [0.2, 0.25) is 0 Å². The molecular weight excluding hydrogens is 396 g/mol. The van der Waals surface area contributed by atoms with Crippen LogP contribution in [-0.4, -0.2) is 35.6 Å². The fourth-order valence-corrected chi connectivity index (χ4v) is 5.49. The molecule has 0 bridgehead atoms. The van der Waals surface area contributed by atoms with Gasteiger partial charge in [-0.25, -0.2) is 0 Å². The largest absolute Gasteiger partial charge is 0.481 e. The average molecular weight is 431 g/mol. The van der Waals surface area contributed by atoms with E-state index in [0.29, 0.717) is 18.4 Å². The summed E-state index contributed by atoms with van der Waals surface area (Å²) in [7, 11) is 0. The minimum atomic E-state index is -0.708. The van der Waals surface area contributed by atoms with Crippen LogP contribution in [0.1, 0.15) is 61.1 Å². The second kappa shape index (κ2) is 10.3. The summed E-state index contributed by atoms with van der Waals surface area (Å²) in [6.07, 6.45) is 7.88. The van der Waals surface area contributed by atoms with Crippen LogP contribution in [0.2, 0.25) is 0 Å². The Labute approximate surface area is 191 Å².